The van der Waals surface area contributed by atoms with Gasteiger partial charge in [-0.1, -0.05) is 0 Å². The van der Waals surface area contributed by atoms with Gasteiger partial charge >= 0.3 is 0 Å². The topological polar surface area (TPSA) is 85.2 Å². The number of nitrogens with zero attached hydrogens (tertiary/aromatic N) is 2. The summed E-state index contributed by atoms with van der Waals surface area (Å²) in [6.07, 6.45) is 6.99. The molecule has 1 aliphatic heterocycles. The highest BCUT2D eigenvalue weighted by Crippen LogP contribution is 2.47. The number of nitrogens with one attached hydrogen (secondary N) is 2. The van der Waals surface area contributed by atoms with E-state index in [4.69, 9.17) is 0 Å². The summed E-state index contributed by atoms with van der Waals surface area (Å²) in [5.74, 6) is -0.495. The Bertz CT molecular complexity index is 808. The maximum absolute atomic E-state index is 13.1. The van der Waals surface area contributed by atoms with Crippen LogP contribution in [0.25, 0.3) is 0 Å². The van der Waals surface area contributed by atoms with Crippen LogP contribution in [0, 0.1) is 17.1 Å². The van der Waals surface area contributed by atoms with Crippen LogP contribution in [0.15, 0.2) is 24.3 Å². The van der Waals surface area contributed by atoms with Crippen LogP contribution in [0.5, 0.6) is 0 Å². The van der Waals surface area contributed by atoms with Crippen molar-refractivity contribution in [2.45, 2.75) is 68.5 Å². The average Bonchev–Trinajstić information content (AvgIpc) is 3.23. The Kier molecular flexibility index (Phi) is 5.30. The van der Waals surface area contributed by atoms with Gasteiger partial charge in [-0.05, 0) is 75.6 Å². The molecule has 1 atom stereocenters. The predicted molar refractivity (Wildman–Crippen MR) is 105 cm³/mol. The number of carbonyl (C=O) groups is 2. The largest absolute Gasteiger partial charge is 0.347 e. The van der Waals surface area contributed by atoms with E-state index in [1.165, 1.54) is 24.3 Å². The number of nitriles is 1. The molecule has 0 radical (unpaired) electrons. The number of benzene rings is 1. The van der Waals surface area contributed by atoms with Gasteiger partial charge in [0.1, 0.15) is 11.9 Å². The Morgan fingerprint density at radius 1 is 1.10 bits per heavy atom. The van der Waals surface area contributed by atoms with Crippen molar-refractivity contribution in [3.05, 3.63) is 35.6 Å². The van der Waals surface area contributed by atoms with Crippen molar-refractivity contribution in [2.24, 2.45) is 0 Å². The number of amides is 2. The van der Waals surface area contributed by atoms with E-state index in [1.807, 2.05) is 0 Å². The molecule has 4 fully saturated rings. The van der Waals surface area contributed by atoms with Gasteiger partial charge in [0, 0.05) is 23.2 Å². The fourth-order valence-electron chi connectivity index (χ4n) is 5.12. The molecule has 1 heterocycles. The smallest absolute Gasteiger partial charge is 0.251 e. The van der Waals surface area contributed by atoms with Gasteiger partial charge in [-0.25, -0.2) is 4.39 Å². The molecular formula is C22H27FN4O2. The van der Waals surface area contributed by atoms with Crippen LogP contribution in [0.4, 0.5) is 4.39 Å². The molecule has 2 amide bonds. The number of halogens is 1. The van der Waals surface area contributed by atoms with Crippen molar-refractivity contribution in [3.8, 4) is 6.07 Å². The summed E-state index contributed by atoms with van der Waals surface area (Å²) in [7, 11) is 0. The van der Waals surface area contributed by atoms with Gasteiger partial charge in [0.05, 0.1) is 12.6 Å². The van der Waals surface area contributed by atoms with Crippen LogP contribution in [-0.4, -0.2) is 46.9 Å². The number of hydrogen-bond donors (Lipinski definition) is 2. The number of hydrogen-bond acceptors (Lipinski definition) is 4. The van der Waals surface area contributed by atoms with Gasteiger partial charge in [-0.15, -0.1) is 0 Å². The fraction of sp³-hybridized carbons (Fsp3) is 0.591. The molecule has 2 bridgehead atoms. The molecular weight excluding hydrogens is 371 g/mol. The van der Waals surface area contributed by atoms with E-state index in [2.05, 4.69) is 16.7 Å². The third kappa shape index (κ3) is 3.99. The second kappa shape index (κ2) is 7.75. The highest BCUT2D eigenvalue weighted by atomic mass is 19.1. The van der Waals surface area contributed by atoms with Crippen LogP contribution in [0.1, 0.15) is 61.7 Å². The van der Waals surface area contributed by atoms with Crippen LogP contribution in [-0.2, 0) is 4.79 Å². The predicted octanol–water partition coefficient (Wildman–Crippen LogP) is 2.51. The molecule has 1 aromatic carbocycles. The SMILES string of the molecule is N#CC1CCCN1C(=O)CNC12CCC(NC(=O)c3ccc(F)cc3)(CC1)CC2. The molecule has 1 saturated heterocycles. The zero-order valence-electron chi connectivity index (χ0n) is 16.5. The Labute approximate surface area is 170 Å². The van der Waals surface area contributed by atoms with E-state index in [0.717, 1.165) is 51.4 Å². The minimum atomic E-state index is -0.351. The third-order valence-corrected chi connectivity index (χ3v) is 7.07. The number of likely N-dealkylation sites (tertiary alicyclic amines) is 1. The van der Waals surface area contributed by atoms with Gasteiger partial charge in [0.2, 0.25) is 5.91 Å². The highest BCUT2D eigenvalue weighted by molar-refractivity contribution is 5.94. The molecule has 29 heavy (non-hydrogen) atoms. The van der Waals surface area contributed by atoms with E-state index in [1.54, 1.807) is 4.90 Å². The van der Waals surface area contributed by atoms with Crippen LogP contribution in [0.3, 0.4) is 0 Å². The second-order valence-electron chi connectivity index (χ2n) is 8.75. The minimum Gasteiger partial charge on any atom is -0.347 e. The third-order valence-electron chi connectivity index (χ3n) is 7.07. The standard InChI is InChI=1S/C22H27FN4O2/c23-17-5-3-16(4-6-17)20(29)26-22-10-7-21(8-11-22,9-12-22)25-15-19(28)27-13-1-2-18(27)14-24/h3-6,18,25H,1-2,7-13,15H2,(H,26,29). The fourth-order valence-corrected chi connectivity index (χ4v) is 5.12. The molecule has 1 aromatic rings. The first-order chi connectivity index (χ1) is 13.9. The molecule has 5 rings (SSSR count). The molecule has 0 spiro atoms. The van der Waals surface area contributed by atoms with Crippen molar-refractivity contribution >= 4 is 11.8 Å². The molecule has 3 aliphatic carbocycles. The van der Waals surface area contributed by atoms with Crippen LogP contribution < -0.4 is 10.6 Å². The summed E-state index contributed by atoms with van der Waals surface area (Å²) >= 11 is 0. The summed E-state index contributed by atoms with van der Waals surface area (Å²) in [6.45, 7) is 0.942. The normalized spacial score (nSPS) is 30.8. The van der Waals surface area contributed by atoms with E-state index < -0.39 is 0 Å². The first-order valence-corrected chi connectivity index (χ1v) is 10.5. The molecule has 154 valence electrons. The van der Waals surface area contributed by atoms with Gasteiger partial charge in [-0.2, -0.15) is 5.26 Å². The molecule has 4 aliphatic rings. The van der Waals surface area contributed by atoms with E-state index in [-0.39, 0.29) is 41.3 Å². The summed E-state index contributed by atoms with van der Waals surface area (Å²) < 4.78 is 13.1. The second-order valence-corrected chi connectivity index (χ2v) is 8.75. The number of carbonyl (C=O) groups excluding carboxylic acids is 2. The Hall–Kier alpha value is -2.46. The van der Waals surface area contributed by atoms with Crippen molar-refractivity contribution in [3.63, 3.8) is 0 Å². The quantitative estimate of drug-likeness (QED) is 0.798. The first kappa shape index (κ1) is 19.8. The molecule has 3 saturated carbocycles. The zero-order chi connectivity index (χ0) is 20.5. The van der Waals surface area contributed by atoms with Crippen molar-refractivity contribution in [1.82, 2.24) is 15.5 Å². The minimum absolute atomic E-state index is 0.00967. The van der Waals surface area contributed by atoms with E-state index in [9.17, 15) is 19.2 Å². The molecule has 1 unspecified atom stereocenters. The van der Waals surface area contributed by atoms with Crippen LogP contribution in [0.2, 0.25) is 0 Å². The van der Waals surface area contributed by atoms with E-state index >= 15 is 0 Å². The summed E-state index contributed by atoms with van der Waals surface area (Å²) in [5.41, 5.74) is 0.212. The first-order valence-electron chi connectivity index (χ1n) is 10.5. The lowest BCUT2D eigenvalue weighted by atomic mass is 9.61. The Morgan fingerprint density at radius 3 is 2.34 bits per heavy atom. The molecule has 2 N–H and O–H groups in total. The van der Waals surface area contributed by atoms with Crippen molar-refractivity contribution < 1.29 is 14.0 Å². The number of rotatable bonds is 5. The lowest BCUT2D eigenvalue weighted by molar-refractivity contribution is -0.130. The van der Waals surface area contributed by atoms with Crippen LogP contribution >= 0.6 is 0 Å². The van der Waals surface area contributed by atoms with Gasteiger partial charge in [-0.3, -0.25) is 9.59 Å². The molecule has 6 nitrogen and oxygen atoms in total. The van der Waals surface area contributed by atoms with Crippen molar-refractivity contribution in [1.29, 1.82) is 5.26 Å². The lowest BCUT2D eigenvalue weighted by Gasteiger charge is -2.54. The monoisotopic (exact) mass is 398 g/mol. The van der Waals surface area contributed by atoms with Gasteiger partial charge in [0.25, 0.3) is 5.91 Å². The Morgan fingerprint density at radius 2 is 1.72 bits per heavy atom. The zero-order valence-corrected chi connectivity index (χ0v) is 16.5. The maximum Gasteiger partial charge on any atom is 0.251 e. The highest BCUT2D eigenvalue weighted by Gasteiger charge is 2.49. The number of fused-ring (bicyclic) bond motifs is 3. The van der Waals surface area contributed by atoms with Gasteiger partial charge < -0.3 is 15.5 Å². The van der Waals surface area contributed by atoms with Crippen molar-refractivity contribution in [2.75, 3.05) is 13.1 Å². The summed E-state index contributed by atoms with van der Waals surface area (Å²) in [6, 6.07) is 7.57. The molecule has 7 heteroatoms. The van der Waals surface area contributed by atoms with Gasteiger partial charge in [0.15, 0.2) is 0 Å². The lowest BCUT2D eigenvalue weighted by Crippen LogP contribution is -2.63. The average molecular weight is 398 g/mol. The van der Waals surface area contributed by atoms with E-state index in [0.29, 0.717) is 12.1 Å². The molecule has 0 aromatic heterocycles. The maximum atomic E-state index is 13.1. The summed E-state index contributed by atoms with van der Waals surface area (Å²) in [4.78, 5) is 26.8. The Balaban J connectivity index is 1.31. The summed E-state index contributed by atoms with van der Waals surface area (Å²) in [5, 5.41) is 15.9.